The van der Waals surface area contributed by atoms with Crippen molar-refractivity contribution in [3.05, 3.63) is 0 Å². The van der Waals surface area contributed by atoms with Crippen LogP contribution in [0.2, 0.25) is 0 Å². The van der Waals surface area contributed by atoms with E-state index < -0.39 is 6.10 Å². The second-order valence-electron chi connectivity index (χ2n) is 4.78. The normalized spacial score (nSPS) is 23.4. The molecular formula is C12H25NO2. The van der Waals surface area contributed by atoms with Crippen LogP contribution in [0.25, 0.3) is 0 Å². The first-order valence-electron chi connectivity index (χ1n) is 6.26. The van der Waals surface area contributed by atoms with Crippen molar-refractivity contribution in [1.82, 2.24) is 5.32 Å². The van der Waals surface area contributed by atoms with Gasteiger partial charge < -0.3 is 15.5 Å². The van der Waals surface area contributed by atoms with Crippen molar-refractivity contribution in [3.63, 3.8) is 0 Å². The standard InChI is InChI=1S/C12H25NO2/c1-10(13-8-12(15)9-14)11-6-4-2-3-5-7-11/h10-15H,2-9H2,1H3/t10-,12+/m1/s1. The summed E-state index contributed by atoms with van der Waals surface area (Å²) >= 11 is 0. The monoisotopic (exact) mass is 215 g/mol. The smallest absolute Gasteiger partial charge is 0.0895 e. The summed E-state index contributed by atoms with van der Waals surface area (Å²) in [7, 11) is 0. The Morgan fingerprint density at radius 1 is 1.20 bits per heavy atom. The van der Waals surface area contributed by atoms with Crippen LogP contribution in [-0.2, 0) is 0 Å². The first-order valence-corrected chi connectivity index (χ1v) is 6.26. The van der Waals surface area contributed by atoms with Gasteiger partial charge in [-0.3, -0.25) is 0 Å². The lowest BCUT2D eigenvalue weighted by molar-refractivity contribution is 0.0898. The van der Waals surface area contributed by atoms with Gasteiger partial charge >= 0.3 is 0 Å². The molecule has 15 heavy (non-hydrogen) atoms. The van der Waals surface area contributed by atoms with Gasteiger partial charge in [0.2, 0.25) is 0 Å². The van der Waals surface area contributed by atoms with Crippen molar-refractivity contribution in [2.75, 3.05) is 13.2 Å². The van der Waals surface area contributed by atoms with Crippen LogP contribution in [0.1, 0.15) is 45.4 Å². The Kier molecular flexibility index (Phi) is 6.22. The molecule has 0 aromatic rings. The van der Waals surface area contributed by atoms with Gasteiger partial charge in [0.25, 0.3) is 0 Å². The summed E-state index contributed by atoms with van der Waals surface area (Å²) in [5.74, 6) is 0.749. The molecule has 0 unspecified atom stereocenters. The molecule has 1 saturated carbocycles. The van der Waals surface area contributed by atoms with Crippen LogP contribution in [0.4, 0.5) is 0 Å². The van der Waals surface area contributed by atoms with E-state index >= 15 is 0 Å². The van der Waals surface area contributed by atoms with Crippen LogP contribution < -0.4 is 5.32 Å². The molecule has 1 aliphatic carbocycles. The Hall–Kier alpha value is -0.120. The maximum absolute atomic E-state index is 9.25. The second-order valence-corrected chi connectivity index (χ2v) is 4.78. The topological polar surface area (TPSA) is 52.5 Å². The highest BCUT2D eigenvalue weighted by Crippen LogP contribution is 2.25. The van der Waals surface area contributed by atoms with E-state index in [0.717, 1.165) is 5.92 Å². The minimum absolute atomic E-state index is 0.148. The Labute approximate surface area is 92.9 Å². The van der Waals surface area contributed by atoms with Gasteiger partial charge in [0, 0.05) is 12.6 Å². The maximum atomic E-state index is 9.25. The molecule has 0 aromatic heterocycles. The summed E-state index contributed by atoms with van der Waals surface area (Å²) < 4.78 is 0. The molecule has 0 aliphatic heterocycles. The van der Waals surface area contributed by atoms with Gasteiger partial charge in [-0.2, -0.15) is 0 Å². The van der Waals surface area contributed by atoms with Crippen molar-refractivity contribution in [2.24, 2.45) is 5.92 Å². The average Bonchev–Trinajstić information content (AvgIpc) is 2.53. The van der Waals surface area contributed by atoms with Crippen LogP contribution in [-0.4, -0.2) is 35.5 Å². The highest BCUT2D eigenvalue weighted by atomic mass is 16.3. The van der Waals surface area contributed by atoms with Gasteiger partial charge in [0.05, 0.1) is 12.7 Å². The molecule has 0 spiro atoms. The largest absolute Gasteiger partial charge is 0.394 e. The molecule has 1 aliphatic rings. The van der Waals surface area contributed by atoms with Crippen LogP contribution >= 0.6 is 0 Å². The van der Waals surface area contributed by atoms with Crippen molar-refractivity contribution in [1.29, 1.82) is 0 Å². The zero-order valence-electron chi connectivity index (χ0n) is 9.78. The average molecular weight is 215 g/mol. The maximum Gasteiger partial charge on any atom is 0.0895 e. The van der Waals surface area contributed by atoms with E-state index in [2.05, 4.69) is 12.2 Å². The number of aliphatic hydroxyl groups excluding tert-OH is 2. The van der Waals surface area contributed by atoms with E-state index in [1.807, 2.05) is 0 Å². The molecule has 3 heteroatoms. The second kappa shape index (κ2) is 7.20. The first kappa shape index (κ1) is 12.9. The number of aliphatic hydroxyl groups is 2. The first-order chi connectivity index (χ1) is 7.24. The van der Waals surface area contributed by atoms with E-state index in [1.54, 1.807) is 0 Å². The van der Waals surface area contributed by atoms with Gasteiger partial charge in [-0.1, -0.05) is 25.7 Å². The fourth-order valence-electron chi connectivity index (χ4n) is 2.36. The third kappa shape index (κ3) is 4.96. The molecule has 3 nitrogen and oxygen atoms in total. The summed E-state index contributed by atoms with van der Waals surface area (Å²) in [4.78, 5) is 0. The molecule has 0 aromatic carbocycles. The van der Waals surface area contributed by atoms with Gasteiger partial charge in [-0.15, -0.1) is 0 Å². The van der Waals surface area contributed by atoms with E-state index in [1.165, 1.54) is 38.5 Å². The molecule has 0 saturated heterocycles. The van der Waals surface area contributed by atoms with Gasteiger partial charge in [0.1, 0.15) is 0 Å². The Morgan fingerprint density at radius 3 is 2.33 bits per heavy atom. The minimum Gasteiger partial charge on any atom is -0.394 e. The van der Waals surface area contributed by atoms with E-state index in [0.29, 0.717) is 12.6 Å². The zero-order chi connectivity index (χ0) is 11.1. The summed E-state index contributed by atoms with van der Waals surface area (Å²) in [5, 5.41) is 21.3. The lowest BCUT2D eigenvalue weighted by Gasteiger charge is -2.24. The SMILES string of the molecule is C[C@@H](NC[C@H](O)CO)C1CCCCCC1. The summed E-state index contributed by atoms with van der Waals surface area (Å²) in [6.07, 6.45) is 7.45. The highest BCUT2D eigenvalue weighted by molar-refractivity contribution is 4.75. The van der Waals surface area contributed by atoms with E-state index in [9.17, 15) is 5.11 Å². The Bertz CT molecular complexity index is 156. The number of hydrogen-bond donors (Lipinski definition) is 3. The van der Waals surface area contributed by atoms with Gasteiger partial charge in [-0.25, -0.2) is 0 Å². The predicted molar refractivity (Wildman–Crippen MR) is 61.7 cm³/mol. The van der Waals surface area contributed by atoms with Gasteiger partial charge in [0.15, 0.2) is 0 Å². The Morgan fingerprint density at radius 2 is 1.80 bits per heavy atom. The number of rotatable bonds is 5. The molecule has 0 amide bonds. The van der Waals surface area contributed by atoms with Crippen molar-refractivity contribution in [3.8, 4) is 0 Å². The third-order valence-corrected chi connectivity index (χ3v) is 3.49. The molecule has 0 heterocycles. The van der Waals surface area contributed by atoms with Crippen LogP contribution in [0.5, 0.6) is 0 Å². The molecule has 3 N–H and O–H groups in total. The molecule has 2 atom stereocenters. The zero-order valence-corrected chi connectivity index (χ0v) is 9.78. The van der Waals surface area contributed by atoms with Crippen LogP contribution in [0, 0.1) is 5.92 Å². The quantitative estimate of drug-likeness (QED) is 0.606. The molecule has 90 valence electrons. The number of hydrogen-bond acceptors (Lipinski definition) is 3. The molecule has 1 fully saturated rings. The Balaban J connectivity index is 2.22. The summed E-state index contributed by atoms with van der Waals surface area (Å²) in [5.41, 5.74) is 0. The van der Waals surface area contributed by atoms with Gasteiger partial charge in [-0.05, 0) is 25.7 Å². The van der Waals surface area contributed by atoms with E-state index in [4.69, 9.17) is 5.11 Å². The third-order valence-electron chi connectivity index (χ3n) is 3.49. The predicted octanol–water partition coefficient (Wildman–Crippen LogP) is 1.29. The molecule has 0 bridgehead atoms. The van der Waals surface area contributed by atoms with E-state index in [-0.39, 0.29) is 6.61 Å². The summed E-state index contributed by atoms with van der Waals surface area (Å²) in [6, 6.07) is 0.462. The van der Waals surface area contributed by atoms with Crippen molar-refractivity contribution >= 4 is 0 Å². The fraction of sp³-hybridized carbons (Fsp3) is 1.00. The highest BCUT2D eigenvalue weighted by Gasteiger charge is 2.18. The molecule has 1 rings (SSSR count). The van der Waals surface area contributed by atoms with Crippen molar-refractivity contribution < 1.29 is 10.2 Å². The number of nitrogens with one attached hydrogen (secondary N) is 1. The summed E-state index contributed by atoms with van der Waals surface area (Å²) in [6.45, 7) is 2.55. The van der Waals surface area contributed by atoms with Crippen LogP contribution in [0.15, 0.2) is 0 Å². The van der Waals surface area contributed by atoms with Crippen molar-refractivity contribution in [2.45, 2.75) is 57.6 Å². The lowest BCUT2D eigenvalue weighted by atomic mass is 9.93. The molecule has 0 radical (unpaired) electrons. The van der Waals surface area contributed by atoms with Crippen LogP contribution in [0.3, 0.4) is 0 Å². The molecular weight excluding hydrogens is 190 g/mol. The minimum atomic E-state index is -0.613. The fourth-order valence-corrected chi connectivity index (χ4v) is 2.36. The lowest BCUT2D eigenvalue weighted by Crippen LogP contribution is -2.39.